The largest absolute Gasteiger partial charge is 0.459 e. The molecule has 0 spiro atoms. The van der Waals surface area contributed by atoms with Crippen LogP contribution in [0, 0.1) is 11.8 Å². The van der Waals surface area contributed by atoms with Crippen LogP contribution in [0.2, 0.25) is 0 Å². The molecule has 0 radical (unpaired) electrons. The van der Waals surface area contributed by atoms with Crippen molar-refractivity contribution in [1.82, 2.24) is 14.8 Å². The van der Waals surface area contributed by atoms with Crippen LogP contribution in [0.25, 0.3) is 0 Å². The summed E-state index contributed by atoms with van der Waals surface area (Å²) in [6, 6.07) is 0. The Labute approximate surface area is 69.4 Å². The molecule has 0 aliphatic carbocycles. The van der Waals surface area contributed by atoms with E-state index in [0.717, 1.165) is 0 Å². The number of hydrogen-bond donors (Lipinski definition) is 0. The van der Waals surface area contributed by atoms with Crippen molar-refractivity contribution in [2.24, 2.45) is 7.05 Å². The molecule has 5 heteroatoms. The Hall–Kier alpha value is -1.83. The minimum Gasteiger partial charge on any atom is -0.459 e. The first-order chi connectivity index (χ1) is 5.74. The number of aryl methyl sites for hydroxylation is 1. The van der Waals surface area contributed by atoms with E-state index in [1.807, 2.05) is 0 Å². The van der Waals surface area contributed by atoms with Crippen LogP contribution in [0.3, 0.4) is 0 Å². The molecular weight excluding hydrogens is 158 g/mol. The summed E-state index contributed by atoms with van der Waals surface area (Å²) < 4.78 is 5.79. The summed E-state index contributed by atoms with van der Waals surface area (Å²) >= 11 is 0. The molecule has 12 heavy (non-hydrogen) atoms. The third-order valence-electron chi connectivity index (χ3n) is 1.17. The number of methoxy groups -OCH3 is 1. The Morgan fingerprint density at radius 3 is 3.00 bits per heavy atom. The minimum atomic E-state index is -0.585. The molecule has 0 N–H and O–H groups in total. The maximum Gasteiger partial charge on any atom is 0.384 e. The van der Waals surface area contributed by atoms with Gasteiger partial charge in [0.15, 0.2) is 0 Å². The fraction of sp³-hybridized carbons (Fsp3) is 0.286. The number of esters is 1. The summed E-state index contributed by atoms with van der Waals surface area (Å²) in [5.41, 5.74) is 0. The van der Waals surface area contributed by atoms with Crippen molar-refractivity contribution in [1.29, 1.82) is 0 Å². The molecule has 0 unspecified atom stereocenters. The van der Waals surface area contributed by atoms with E-state index in [1.54, 1.807) is 7.05 Å². The predicted molar refractivity (Wildman–Crippen MR) is 39.9 cm³/mol. The fourth-order valence-corrected chi connectivity index (χ4v) is 0.567. The van der Waals surface area contributed by atoms with E-state index < -0.39 is 5.97 Å². The van der Waals surface area contributed by atoms with Gasteiger partial charge in [-0.15, -0.1) is 0 Å². The lowest BCUT2D eigenvalue weighted by Gasteiger charge is -1.87. The predicted octanol–water partition coefficient (Wildman–Crippen LogP) is -0.660. The quantitative estimate of drug-likeness (QED) is 0.378. The minimum absolute atomic E-state index is 0.431. The van der Waals surface area contributed by atoms with E-state index in [1.165, 1.54) is 18.1 Å². The van der Waals surface area contributed by atoms with Gasteiger partial charge in [0.05, 0.1) is 7.11 Å². The number of rotatable bonds is 0. The molecule has 5 nitrogen and oxygen atoms in total. The molecular formula is C7H7N3O2. The molecule has 1 aromatic rings. The monoisotopic (exact) mass is 165 g/mol. The van der Waals surface area contributed by atoms with Gasteiger partial charge in [-0.3, -0.25) is 0 Å². The van der Waals surface area contributed by atoms with Gasteiger partial charge in [-0.05, 0) is 5.92 Å². The van der Waals surface area contributed by atoms with Crippen LogP contribution in [0.1, 0.15) is 5.82 Å². The first kappa shape index (κ1) is 8.27. The average molecular weight is 165 g/mol. The van der Waals surface area contributed by atoms with Crippen LogP contribution in [-0.4, -0.2) is 27.8 Å². The summed E-state index contributed by atoms with van der Waals surface area (Å²) in [5.74, 6) is 4.60. The standard InChI is InChI=1S/C7H7N3O2/c1-10-6(8-5-9-10)3-4-7(11)12-2/h5H,1-2H3. The zero-order valence-electron chi connectivity index (χ0n) is 6.74. The van der Waals surface area contributed by atoms with Crippen molar-refractivity contribution in [2.75, 3.05) is 7.11 Å². The average Bonchev–Trinajstić information content (AvgIpc) is 2.47. The van der Waals surface area contributed by atoms with E-state index in [2.05, 4.69) is 26.7 Å². The lowest BCUT2D eigenvalue weighted by atomic mass is 10.5. The smallest absolute Gasteiger partial charge is 0.384 e. The van der Waals surface area contributed by atoms with Crippen LogP contribution < -0.4 is 0 Å². The van der Waals surface area contributed by atoms with E-state index >= 15 is 0 Å². The molecule has 0 fully saturated rings. The van der Waals surface area contributed by atoms with Crippen LogP contribution in [0.5, 0.6) is 0 Å². The van der Waals surface area contributed by atoms with Gasteiger partial charge in [0.25, 0.3) is 0 Å². The van der Waals surface area contributed by atoms with Crippen LogP contribution in [-0.2, 0) is 16.6 Å². The Kier molecular flexibility index (Phi) is 2.43. The molecule has 0 amide bonds. The summed E-state index contributed by atoms with van der Waals surface area (Å²) in [5, 5.41) is 3.77. The van der Waals surface area contributed by atoms with Crippen molar-refractivity contribution in [2.45, 2.75) is 0 Å². The number of ether oxygens (including phenoxy) is 1. The summed E-state index contributed by atoms with van der Waals surface area (Å²) in [7, 11) is 2.96. The van der Waals surface area contributed by atoms with Gasteiger partial charge in [0.1, 0.15) is 6.33 Å². The van der Waals surface area contributed by atoms with Crippen molar-refractivity contribution in [3.05, 3.63) is 12.2 Å². The lowest BCUT2D eigenvalue weighted by molar-refractivity contribution is -0.133. The molecule has 0 aliphatic heterocycles. The molecule has 0 aromatic carbocycles. The summed E-state index contributed by atoms with van der Waals surface area (Å²) in [6.07, 6.45) is 1.36. The van der Waals surface area contributed by atoms with Crippen molar-refractivity contribution in [3.63, 3.8) is 0 Å². The van der Waals surface area contributed by atoms with E-state index in [4.69, 9.17) is 0 Å². The fourth-order valence-electron chi connectivity index (χ4n) is 0.567. The molecule has 0 saturated carbocycles. The number of aromatic nitrogens is 3. The number of carbonyl (C=O) groups is 1. The van der Waals surface area contributed by atoms with Crippen LogP contribution in [0.4, 0.5) is 0 Å². The second-order valence-corrected chi connectivity index (χ2v) is 1.95. The van der Waals surface area contributed by atoms with E-state index in [-0.39, 0.29) is 0 Å². The third-order valence-corrected chi connectivity index (χ3v) is 1.17. The summed E-state index contributed by atoms with van der Waals surface area (Å²) in [4.78, 5) is 14.4. The van der Waals surface area contributed by atoms with E-state index in [0.29, 0.717) is 5.82 Å². The molecule has 1 heterocycles. The Balaban J connectivity index is 2.79. The van der Waals surface area contributed by atoms with Gasteiger partial charge in [0, 0.05) is 13.0 Å². The van der Waals surface area contributed by atoms with Crippen molar-refractivity contribution >= 4 is 5.97 Å². The Bertz CT molecular complexity index is 345. The zero-order valence-corrected chi connectivity index (χ0v) is 6.74. The highest BCUT2D eigenvalue weighted by molar-refractivity contribution is 5.88. The van der Waals surface area contributed by atoms with E-state index in [9.17, 15) is 4.79 Å². The highest BCUT2D eigenvalue weighted by Gasteiger charge is 1.95. The first-order valence-electron chi connectivity index (χ1n) is 3.18. The van der Waals surface area contributed by atoms with Crippen LogP contribution >= 0.6 is 0 Å². The van der Waals surface area contributed by atoms with Gasteiger partial charge in [-0.25, -0.2) is 14.5 Å². The maximum absolute atomic E-state index is 10.6. The highest BCUT2D eigenvalue weighted by atomic mass is 16.5. The SMILES string of the molecule is COC(=O)C#Cc1ncnn1C. The number of carbonyl (C=O) groups excluding carboxylic acids is 1. The van der Waals surface area contributed by atoms with Gasteiger partial charge in [-0.2, -0.15) is 5.10 Å². The zero-order chi connectivity index (χ0) is 8.97. The highest BCUT2D eigenvalue weighted by Crippen LogP contribution is 1.85. The van der Waals surface area contributed by atoms with Crippen molar-refractivity contribution < 1.29 is 9.53 Å². The maximum atomic E-state index is 10.6. The second-order valence-electron chi connectivity index (χ2n) is 1.95. The first-order valence-corrected chi connectivity index (χ1v) is 3.18. The molecule has 0 bridgehead atoms. The summed E-state index contributed by atoms with van der Waals surface area (Å²) in [6.45, 7) is 0. The topological polar surface area (TPSA) is 57.0 Å². The number of nitrogens with zero attached hydrogens (tertiary/aromatic N) is 3. The lowest BCUT2D eigenvalue weighted by Crippen LogP contribution is -1.98. The molecule has 1 rings (SSSR count). The van der Waals surface area contributed by atoms with Gasteiger partial charge >= 0.3 is 5.97 Å². The molecule has 0 saturated heterocycles. The molecule has 1 aromatic heterocycles. The van der Waals surface area contributed by atoms with Crippen molar-refractivity contribution in [3.8, 4) is 11.8 Å². The molecule has 62 valence electrons. The molecule has 0 aliphatic rings. The number of hydrogen-bond acceptors (Lipinski definition) is 4. The Morgan fingerprint density at radius 1 is 1.75 bits per heavy atom. The van der Waals surface area contributed by atoms with Gasteiger partial charge < -0.3 is 4.74 Å². The van der Waals surface area contributed by atoms with Crippen LogP contribution in [0.15, 0.2) is 6.33 Å². The van der Waals surface area contributed by atoms with Gasteiger partial charge in [-0.1, -0.05) is 0 Å². The second kappa shape index (κ2) is 3.53. The Morgan fingerprint density at radius 2 is 2.50 bits per heavy atom. The molecule has 0 atom stereocenters. The normalized spacial score (nSPS) is 8.50. The third kappa shape index (κ3) is 1.83. The van der Waals surface area contributed by atoms with Gasteiger partial charge in [0.2, 0.25) is 5.82 Å².